The summed E-state index contributed by atoms with van der Waals surface area (Å²) in [5.74, 6) is -0.893. The Morgan fingerprint density at radius 3 is 2.06 bits per heavy atom. The van der Waals surface area contributed by atoms with Crippen molar-refractivity contribution in [3.63, 3.8) is 0 Å². The summed E-state index contributed by atoms with van der Waals surface area (Å²) in [6, 6.07) is 23.3. The predicted molar refractivity (Wildman–Crippen MR) is 189 cm³/mol. The maximum absolute atomic E-state index is 14.7. The van der Waals surface area contributed by atoms with Crippen LogP contribution in [0, 0.1) is 19.7 Å². The molecule has 0 unspecified atom stereocenters. The third-order valence-corrected chi connectivity index (χ3v) is 10.0. The van der Waals surface area contributed by atoms with E-state index in [1.165, 1.54) is 49.5 Å². The van der Waals surface area contributed by atoms with E-state index in [1.54, 1.807) is 24.3 Å². The van der Waals surface area contributed by atoms with Gasteiger partial charge >= 0.3 is 0 Å². The molecule has 9 nitrogen and oxygen atoms in total. The van der Waals surface area contributed by atoms with Crippen molar-refractivity contribution in [2.24, 2.45) is 0 Å². The lowest BCUT2D eigenvalue weighted by atomic mass is 10.0. The molecule has 4 aromatic carbocycles. The minimum absolute atomic E-state index is 0.0678. The first-order valence-electron chi connectivity index (χ1n) is 16.1. The van der Waals surface area contributed by atoms with Gasteiger partial charge in [0.15, 0.2) is 11.5 Å². The molecular weight excluding hydrogens is 645 g/mol. The van der Waals surface area contributed by atoms with E-state index in [0.717, 1.165) is 21.0 Å². The molecule has 0 spiro atoms. The number of nitrogens with one attached hydrogen (secondary N) is 1. The third kappa shape index (κ3) is 9.38. The van der Waals surface area contributed by atoms with Gasteiger partial charge in [-0.3, -0.25) is 13.9 Å². The monoisotopic (exact) mass is 689 g/mol. The Kier molecular flexibility index (Phi) is 12.4. The van der Waals surface area contributed by atoms with Crippen LogP contribution in [0.15, 0.2) is 95.9 Å². The molecule has 1 N–H and O–H groups in total. The quantitative estimate of drug-likeness (QED) is 0.159. The molecule has 0 bridgehead atoms. The van der Waals surface area contributed by atoms with E-state index >= 15 is 0 Å². The Labute approximate surface area is 288 Å². The molecule has 0 aliphatic heterocycles. The molecule has 0 aromatic heterocycles. The van der Waals surface area contributed by atoms with Gasteiger partial charge in [0.25, 0.3) is 10.0 Å². The summed E-state index contributed by atoms with van der Waals surface area (Å²) in [4.78, 5) is 29.9. The zero-order chi connectivity index (χ0) is 35.7. The van der Waals surface area contributed by atoms with Crippen LogP contribution in [0.25, 0.3) is 0 Å². The molecule has 0 aliphatic rings. The number of rotatable bonds is 15. The average molecular weight is 690 g/mol. The second kappa shape index (κ2) is 16.5. The fourth-order valence-corrected chi connectivity index (χ4v) is 6.92. The van der Waals surface area contributed by atoms with Gasteiger partial charge in [-0.15, -0.1) is 0 Å². The Morgan fingerprint density at radius 1 is 0.837 bits per heavy atom. The van der Waals surface area contributed by atoms with E-state index in [1.807, 2.05) is 64.1 Å². The Morgan fingerprint density at radius 2 is 1.47 bits per heavy atom. The van der Waals surface area contributed by atoms with Gasteiger partial charge < -0.3 is 19.7 Å². The molecule has 260 valence electrons. The van der Waals surface area contributed by atoms with Crippen molar-refractivity contribution in [1.82, 2.24) is 10.2 Å². The first-order valence-corrected chi connectivity index (χ1v) is 17.5. The molecule has 49 heavy (non-hydrogen) atoms. The van der Waals surface area contributed by atoms with Gasteiger partial charge in [-0.1, -0.05) is 55.5 Å². The van der Waals surface area contributed by atoms with Crippen LogP contribution in [0.1, 0.15) is 42.5 Å². The van der Waals surface area contributed by atoms with E-state index in [-0.39, 0.29) is 41.2 Å². The molecule has 4 rings (SSSR count). The maximum atomic E-state index is 14.7. The number of hydrogen-bond donors (Lipinski definition) is 1. The van der Waals surface area contributed by atoms with E-state index in [9.17, 15) is 22.4 Å². The molecule has 11 heteroatoms. The molecule has 0 fully saturated rings. The lowest BCUT2D eigenvalue weighted by molar-refractivity contribution is -0.140. The predicted octanol–water partition coefficient (Wildman–Crippen LogP) is 6.21. The Balaban J connectivity index is 1.85. The highest BCUT2D eigenvalue weighted by molar-refractivity contribution is 7.92. The molecule has 0 heterocycles. The van der Waals surface area contributed by atoms with Crippen molar-refractivity contribution in [3.05, 3.63) is 119 Å². The van der Waals surface area contributed by atoms with Gasteiger partial charge in [-0.25, -0.2) is 12.8 Å². The summed E-state index contributed by atoms with van der Waals surface area (Å²) < 4.78 is 54.7. The van der Waals surface area contributed by atoms with Crippen LogP contribution in [0.3, 0.4) is 0 Å². The lowest BCUT2D eigenvalue weighted by Crippen LogP contribution is -2.54. The van der Waals surface area contributed by atoms with Gasteiger partial charge in [-0.2, -0.15) is 0 Å². The number of aryl methyl sites for hydroxylation is 2. The SMILES string of the molecule is CC[C@H](C)NC(=O)[C@@H](Cc1ccccc1)N(Cc1ccc(F)cc1)C(=O)CN(c1cc(C)cc(C)c1)S(=O)(=O)c1ccc(OC)c(OC)c1. The highest BCUT2D eigenvalue weighted by Crippen LogP contribution is 2.33. The van der Waals surface area contributed by atoms with Crippen LogP contribution < -0.4 is 19.1 Å². The number of anilines is 1. The molecule has 0 saturated heterocycles. The summed E-state index contributed by atoms with van der Waals surface area (Å²) in [5.41, 5.74) is 3.27. The number of carbonyl (C=O) groups excluding carboxylic acids is 2. The molecule has 0 radical (unpaired) electrons. The second-order valence-electron chi connectivity index (χ2n) is 12.0. The van der Waals surface area contributed by atoms with E-state index in [2.05, 4.69) is 5.32 Å². The van der Waals surface area contributed by atoms with Crippen LogP contribution >= 0.6 is 0 Å². The fourth-order valence-electron chi connectivity index (χ4n) is 5.51. The Hall–Kier alpha value is -4.90. The van der Waals surface area contributed by atoms with Crippen molar-refractivity contribution in [2.75, 3.05) is 25.1 Å². The second-order valence-corrected chi connectivity index (χ2v) is 13.9. The third-order valence-electron chi connectivity index (χ3n) is 8.25. The number of carbonyl (C=O) groups is 2. The van der Waals surface area contributed by atoms with Gasteiger partial charge in [-0.05, 0) is 85.8 Å². The molecule has 0 saturated carbocycles. The topological polar surface area (TPSA) is 105 Å². The number of amides is 2. The summed E-state index contributed by atoms with van der Waals surface area (Å²) >= 11 is 0. The highest BCUT2D eigenvalue weighted by atomic mass is 32.2. The molecule has 2 amide bonds. The van der Waals surface area contributed by atoms with Crippen LogP contribution in [0.2, 0.25) is 0 Å². The van der Waals surface area contributed by atoms with E-state index in [0.29, 0.717) is 17.7 Å². The van der Waals surface area contributed by atoms with Crippen molar-refractivity contribution < 1.29 is 31.9 Å². The molecular formula is C38H44FN3O6S. The summed E-state index contributed by atoms with van der Waals surface area (Å²) in [5, 5.41) is 3.01. The minimum atomic E-state index is -4.38. The lowest BCUT2D eigenvalue weighted by Gasteiger charge is -2.34. The van der Waals surface area contributed by atoms with Crippen molar-refractivity contribution in [2.45, 2.75) is 64.1 Å². The Bertz CT molecular complexity index is 1830. The number of halogens is 1. The zero-order valence-electron chi connectivity index (χ0n) is 28.8. The van der Waals surface area contributed by atoms with E-state index < -0.39 is 34.3 Å². The van der Waals surface area contributed by atoms with Gasteiger partial charge in [0.2, 0.25) is 11.8 Å². The summed E-state index contributed by atoms with van der Waals surface area (Å²) in [6.07, 6.45) is 0.835. The number of sulfonamides is 1. The minimum Gasteiger partial charge on any atom is -0.493 e. The number of ether oxygens (including phenoxy) is 2. The summed E-state index contributed by atoms with van der Waals surface area (Å²) in [7, 11) is -1.52. The van der Waals surface area contributed by atoms with Gasteiger partial charge in [0.1, 0.15) is 18.4 Å². The highest BCUT2D eigenvalue weighted by Gasteiger charge is 2.35. The van der Waals surface area contributed by atoms with Gasteiger partial charge in [0.05, 0.1) is 24.8 Å². The standard InChI is InChI=1S/C38H44FN3O6S/c1-7-28(4)40-38(44)34(22-29-11-9-8-10-12-29)41(24-30-13-15-31(39)16-14-30)37(43)25-42(32-20-26(2)19-27(3)21-32)49(45,46)33-17-18-35(47-5)36(23-33)48-6/h8-21,23,28,34H,7,22,24-25H2,1-6H3,(H,40,44)/t28-,34+/m0/s1. The summed E-state index contributed by atoms with van der Waals surface area (Å²) in [6.45, 7) is 6.82. The number of nitrogens with zero attached hydrogens (tertiary/aromatic N) is 2. The van der Waals surface area contributed by atoms with Crippen molar-refractivity contribution in [1.29, 1.82) is 0 Å². The van der Waals surface area contributed by atoms with Crippen molar-refractivity contribution >= 4 is 27.5 Å². The van der Waals surface area contributed by atoms with Crippen LogP contribution in [-0.4, -0.2) is 58.0 Å². The van der Waals surface area contributed by atoms with Gasteiger partial charge in [0, 0.05) is 25.1 Å². The van der Waals surface area contributed by atoms with Crippen LogP contribution in [0.4, 0.5) is 10.1 Å². The molecule has 4 aromatic rings. The fraction of sp³-hybridized carbons (Fsp3) is 0.316. The van der Waals surface area contributed by atoms with Crippen LogP contribution in [-0.2, 0) is 32.6 Å². The average Bonchev–Trinajstić information content (AvgIpc) is 3.08. The largest absolute Gasteiger partial charge is 0.493 e. The van der Waals surface area contributed by atoms with Crippen molar-refractivity contribution in [3.8, 4) is 11.5 Å². The number of hydrogen-bond acceptors (Lipinski definition) is 6. The van der Waals surface area contributed by atoms with E-state index in [4.69, 9.17) is 9.47 Å². The van der Waals surface area contributed by atoms with Crippen LogP contribution in [0.5, 0.6) is 11.5 Å². The number of benzene rings is 4. The smallest absolute Gasteiger partial charge is 0.264 e. The maximum Gasteiger partial charge on any atom is 0.264 e. The zero-order valence-corrected chi connectivity index (χ0v) is 29.6. The number of methoxy groups -OCH3 is 2. The normalized spacial score (nSPS) is 12.5. The first kappa shape index (κ1) is 36.9. The molecule has 2 atom stereocenters. The molecule has 0 aliphatic carbocycles. The first-order chi connectivity index (χ1) is 23.4.